The molecule has 0 radical (unpaired) electrons. The molecule has 1 saturated carbocycles. The standard InChI is InChI=1S/C16H23N5O.C9H13N/c1-17-15-14-5-7-21(16(14)20-11-19-15)13-4-3-12(9-13)10-18-6-2-8-22;1-10-8-7-9-5-3-2-4-6-9/h5,7-8,11-13,18H,2-4,6,9-10H2,1H3,(H,17,19,20);2-6,10H,7-8H2,1H3. The molecule has 0 bridgehead atoms. The van der Waals surface area contributed by atoms with Gasteiger partial charge in [-0.3, -0.25) is 0 Å². The normalized spacial score (nSPS) is 17.7. The van der Waals surface area contributed by atoms with Gasteiger partial charge in [0.15, 0.2) is 0 Å². The zero-order valence-electron chi connectivity index (χ0n) is 19.3. The number of hydrogen-bond acceptors (Lipinski definition) is 6. The molecule has 2 atom stereocenters. The van der Waals surface area contributed by atoms with Gasteiger partial charge in [0, 0.05) is 32.3 Å². The Hall–Kier alpha value is -2.77. The second kappa shape index (κ2) is 12.9. The zero-order chi connectivity index (χ0) is 22.6. The quantitative estimate of drug-likeness (QED) is 0.334. The van der Waals surface area contributed by atoms with E-state index in [1.807, 2.05) is 20.2 Å². The van der Waals surface area contributed by atoms with Crippen molar-refractivity contribution in [3.05, 3.63) is 54.5 Å². The highest BCUT2D eigenvalue weighted by molar-refractivity contribution is 5.87. The van der Waals surface area contributed by atoms with Crippen LogP contribution in [0.3, 0.4) is 0 Å². The first-order chi connectivity index (χ1) is 15.8. The lowest BCUT2D eigenvalue weighted by Crippen LogP contribution is -2.22. The van der Waals surface area contributed by atoms with Crippen LogP contribution in [0, 0.1) is 5.92 Å². The van der Waals surface area contributed by atoms with Crippen LogP contribution in [-0.2, 0) is 11.2 Å². The number of nitrogens with zero attached hydrogens (tertiary/aromatic N) is 3. The van der Waals surface area contributed by atoms with Gasteiger partial charge >= 0.3 is 0 Å². The molecule has 0 aliphatic heterocycles. The van der Waals surface area contributed by atoms with E-state index in [4.69, 9.17) is 0 Å². The van der Waals surface area contributed by atoms with Crippen molar-refractivity contribution in [1.29, 1.82) is 0 Å². The molecule has 1 aliphatic carbocycles. The average molecular weight is 437 g/mol. The third-order valence-corrected chi connectivity index (χ3v) is 6.03. The minimum atomic E-state index is 0.509. The largest absolute Gasteiger partial charge is 0.372 e. The van der Waals surface area contributed by atoms with Crippen LogP contribution in [0.5, 0.6) is 0 Å². The number of aldehydes is 1. The zero-order valence-corrected chi connectivity index (χ0v) is 19.3. The molecular formula is C25H36N6O. The SMILES string of the molecule is CNCCc1ccccc1.CNc1ncnc2c1ccn2C1CCC(CNCCC=O)C1. The lowest BCUT2D eigenvalue weighted by atomic mass is 10.1. The van der Waals surface area contributed by atoms with Crippen LogP contribution in [0.1, 0.15) is 37.3 Å². The predicted octanol–water partition coefficient (Wildman–Crippen LogP) is 3.44. The lowest BCUT2D eigenvalue weighted by molar-refractivity contribution is -0.107. The minimum absolute atomic E-state index is 0.509. The molecule has 7 nitrogen and oxygen atoms in total. The van der Waals surface area contributed by atoms with Crippen LogP contribution in [-0.4, -0.2) is 54.6 Å². The van der Waals surface area contributed by atoms with Crippen molar-refractivity contribution in [2.75, 3.05) is 39.0 Å². The Kier molecular flexibility index (Phi) is 9.65. The van der Waals surface area contributed by atoms with Gasteiger partial charge in [-0.15, -0.1) is 0 Å². The van der Waals surface area contributed by atoms with E-state index in [0.29, 0.717) is 18.4 Å². The highest BCUT2D eigenvalue weighted by Crippen LogP contribution is 2.36. The maximum absolute atomic E-state index is 10.3. The van der Waals surface area contributed by atoms with Crippen molar-refractivity contribution < 1.29 is 4.79 Å². The van der Waals surface area contributed by atoms with E-state index >= 15 is 0 Å². The van der Waals surface area contributed by atoms with Gasteiger partial charge in [0.1, 0.15) is 24.1 Å². The van der Waals surface area contributed by atoms with Crippen molar-refractivity contribution in [3.63, 3.8) is 0 Å². The first-order valence-electron chi connectivity index (χ1n) is 11.6. The van der Waals surface area contributed by atoms with Crippen LogP contribution < -0.4 is 16.0 Å². The van der Waals surface area contributed by atoms with Gasteiger partial charge in [-0.1, -0.05) is 30.3 Å². The summed E-state index contributed by atoms with van der Waals surface area (Å²) in [6.07, 6.45) is 10.0. The monoisotopic (exact) mass is 436 g/mol. The number of anilines is 1. The number of aromatic nitrogens is 3. The van der Waals surface area contributed by atoms with Crippen LogP contribution in [0.25, 0.3) is 11.0 Å². The van der Waals surface area contributed by atoms with Crippen molar-refractivity contribution in [3.8, 4) is 0 Å². The Balaban J connectivity index is 0.000000243. The molecule has 2 heterocycles. The summed E-state index contributed by atoms with van der Waals surface area (Å²) in [7, 11) is 3.86. The summed E-state index contributed by atoms with van der Waals surface area (Å²) in [5.74, 6) is 1.56. The smallest absolute Gasteiger partial charge is 0.145 e. The molecular weight excluding hydrogens is 400 g/mol. The Bertz CT molecular complexity index is 942. The van der Waals surface area contributed by atoms with E-state index in [2.05, 4.69) is 67.0 Å². The highest BCUT2D eigenvalue weighted by Gasteiger charge is 2.26. The Morgan fingerprint density at radius 1 is 1.09 bits per heavy atom. The van der Waals surface area contributed by atoms with Crippen molar-refractivity contribution >= 4 is 23.1 Å². The van der Waals surface area contributed by atoms with Gasteiger partial charge in [-0.2, -0.15) is 0 Å². The molecule has 1 aliphatic rings. The summed E-state index contributed by atoms with van der Waals surface area (Å²) in [4.78, 5) is 19.1. The number of nitrogens with one attached hydrogen (secondary N) is 3. The lowest BCUT2D eigenvalue weighted by Gasteiger charge is -2.15. The molecule has 3 N–H and O–H groups in total. The maximum Gasteiger partial charge on any atom is 0.145 e. The summed E-state index contributed by atoms with van der Waals surface area (Å²) >= 11 is 0. The molecule has 172 valence electrons. The molecule has 2 unspecified atom stereocenters. The third kappa shape index (κ3) is 6.61. The predicted molar refractivity (Wildman–Crippen MR) is 131 cm³/mol. The number of benzene rings is 1. The number of fused-ring (bicyclic) bond motifs is 1. The summed E-state index contributed by atoms with van der Waals surface area (Å²) in [5.41, 5.74) is 2.41. The summed E-state index contributed by atoms with van der Waals surface area (Å²) < 4.78 is 2.29. The third-order valence-electron chi connectivity index (χ3n) is 6.03. The van der Waals surface area contributed by atoms with Crippen LogP contribution in [0.15, 0.2) is 48.9 Å². The summed E-state index contributed by atoms with van der Waals surface area (Å²) in [6, 6.07) is 13.1. The van der Waals surface area contributed by atoms with Gasteiger partial charge in [0.25, 0.3) is 0 Å². The van der Waals surface area contributed by atoms with Crippen LogP contribution in [0.2, 0.25) is 0 Å². The molecule has 1 fully saturated rings. The molecule has 3 aromatic rings. The number of carbonyl (C=O) groups excluding carboxylic acids is 1. The molecule has 4 rings (SSSR count). The fraction of sp³-hybridized carbons (Fsp3) is 0.480. The summed E-state index contributed by atoms with van der Waals surface area (Å²) in [5, 5.41) is 10.7. The van der Waals surface area contributed by atoms with E-state index in [-0.39, 0.29) is 0 Å². The minimum Gasteiger partial charge on any atom is -0.372 e. The maximum atomic E-state index is 10.3. The van der Waals surface area contributed by atoms with Crippen molar-refractivity contribution in [2.24, 2.45) is 5.92 Å². The molecule has 32 heavy (non-hydrogen) atoms. The highest BCUT2D eigenvalue weighted by atomic mass is 16.1. The fourth-order valence-electron chi connectivity index (χ4n) is 4.33. The topological polar surface area (TPSA) is 83.9 Å². The molecule has 1 aromatic carbocycles. The van der Waals surface area contributed by atoms with E-state index in [0.717, 1.165) is 55.6 Å². The van der Waals surface area contributed by atoms with Gasteiger partial charge in [-0.05, 0) is 63.4 Å². The Morgan fingerprint density at radius 3 is 2.69 bits per heavy atom. The summed E-state index contributed by atoms with van der Waals surface area (Å²) in [6.45, 7) is 2.85. The van der Waals surface area contributed by atoms with E-state index in [9.17, 15) is 4.79 Å². The van der Waals surface area contributed by atoms with Gasteiger partial charge in [0.2, 0.25) is 0 Å². The van der Waals surface area contributed by atoms with Crippen molar-refractivity contribution in [2.45, 2.75) is 38.1 Å². The number of hydrogen-bond donors (Lipinski definition) is 3. The number of carbonyl (C=O) groups is 1. The van der Waals surface area contributed by atoms with Crippen LogP contribution in [0.4, 0.5) is 5.82 Å². The van der Waals surface area contributed by atoms with Crippen LogP contribution >= 0.6 is 0 Å². The van der Waals surface area contributed by atoms with E-state index in [1.165, 1.54) is 18.4 Å². The molecule has 2 aromatic heterocycles. The second-order valence-corrected chi connectivity index (χ2v) is 8.26. The second-order valence-electron chi connectivity index (χ2n) is 8.26. The van der Waals surface area contributed by atoms with Gasteiger partial charge in [-0.25, -0.2) is 9.97 Å². The molecule has 0 spiro atoms. The molecule has 0 amide bonds. The average Bonchev–Trinajstić information content (AvgIpc) is 3.48. The Morgan fingerprint density at radius 2 is 1.94 bits per heavy atom. The Labute approximate surface area is 191 Å². The van der Waals surface area contributed by atoms with Crippen molar-refractivity contribution in [1.82, 2.24) is 25.2 Å². The fourth-order valence-corrected chi connectivity index (χ4v) is 4.33. The van der Waals surface area contributed by atoms with Gasteiger partial charge in [0.05, 0.1) is 5.39 Å². The van der Waals surface area contributed by atoms with E-state index in [1.54, 1.807) is 6.33 Å². The number of rotatable bonds is 10. The van der Waals surface area contributed by atoms with Gasteiger partial charge < -0.3 is 25.3 Å². The molecule has 0 saturated heterocycles. The first kappa shape index (κ1) is 23.9. The molecule has 7 heteroatoms. The van der Waals surface area contributed by atoms with E-state index < -0.39 is 0 Å². The number of likely N-dealkylation sites (N-methyl/N-ethyl adjacent to an activating group) is 1. The first-order valence-corrected chi connectivity index (χ1v) is 11.6.